The molecule has 0 heterocycles. The van der Waals surface area contributed by atoms with E-state index in [1.165, 1.54) is 0 Å². The van der Waals surface area contributed by atoms with Gasteiger partial charge in [0.2, 0.25) is 11.8 Å². The number of benzene rings is 1. The quantitative estimate of drug-likeness (QED) is 0.602. The van der Waals surface area contributed by atoms with E-state index in [9.17, 15) is 14.4 Å². The summed E-state index contributed by atoms with van der Waals surface area (Å²) >= 11 is 0. The highest BCUT2D eigenvalue weighted by Gasteiger charge is 2.14. The van der Waals surface area contributed by atoms with Crippen LogP contribution in [0.4, 0.5) is 0 Å². The molecule has 0 spiro atoms. The van der Waals surface area contributed by atoms with Gasteiger partial charge in [-0.1, -0.05) is 0 Å². The van der Waals surface area contributed by atoms with Gasteiger partial charge in [-0.25, -0.2) is 0 Å². The maximum Gasteiger partial charge on any atom is 0.251 e. The standard InChI is InChI=1S/C19H29N3O5/c1-5-22(6-2)18(24)13-20-17(23)12-21-19(25)14-9-10-15(26-7-3)16(11-14)27-8-4/h9-11H,5-8,12-13H2,1-4H3,(H,20,23)(H,21,25). The van der Waals surface area contributed by atoms with Crippen LogP contribution >= 0.6 is 0 Å². The first-order valence-electron chi connectivity index (χ1n) is 9.18. The maximum atomic E-state index is 12.3. The second kappa shape index (κ2) is 11.8. The van der Waals surface area contributed by atoms with Gasteiger partial charge in [-0.05, 0) is 45.9 Å². The Bertz CT molecular complexity index is 644. The molecule has 1 aromatic rings. The molecular formula is C19H29N3O5. The number of likely N-dealkylation sites (N-methyl/N-ethyl adjacent to an activating group) is 1. The van der Waals surface area contributed by atoms with Crippen molar-refractivity contribution in [2.45, 2.75) is 27.7 Å². The lowest BCUT2D eigenvalue weighted by Crippen LogP contribution is -2.43. The third-order valence-corrected chi connectivity index (χ3v) is 3.77. The van der Waals surface area contributed by atoms with Crippen LogP contribution in [0, 0.1) is 0 Å². The number of nitrogens with zero attached hydrogens (tertiary/aromatic N) is 1. The Labute approximate surface area is 160 Å². The number of hydrogen-bond acceptors (Lipinski definition) is 5. The van der Waals surface area contributed by atoms with Crippen LogP contribution in [-0.2, 0) is 9.59 Å². The molecule has 0 aliphatic carbocycles. The fourth-order valence-electron chi connectivity index (χ4n) is 2.38. The molecule has 0 fully saturated rings. The molecule has 8 heteroatoms. The van der Waals surface area contributed by atoms with Crippen molar-refractivity contribution in [3.8, 4) is 11.5 Å². The minimum Gasteiger partial charge on any atom is -0.490 e. The van der Waals surface area contributed by atoms with Crippen LogP contribution in [-0.4, -0.2) is 62.0 Å². The Morgan fingerprint density at radius 2 is 1.52 bits per heavy atom. The van der Waals surface area contributed by atoms with Gasteiger partial charge in [-0.2, -0.15) is 0 Å². The van der Waals surface area contributed by atoms with E-state index in [0.717, 1.165) is 0 Å². The summed E-state index contributed by atoms with van der Waals surface area (Å²) in [5.41, 5.74) is 0.355. The molecule has 0 saturated carbocycles. The van der Waals surface area contributed by atoms with Gasteiger partial charge in [0.25, 0.3) is 5.91 Å². The third kappa shape index (κ3) is 7.16. The molecule has 3 amide bonds. The van der Waals surface area contributed by atoms with Crippen molar-refractivity contribution < 1.29 is 23.9 Å². The Morgan fingerprint density at radius 3 is 2.11 bits per heavy atom. The van der Waals surface area contributed by atoms with Gasteiger partial charge in [-0.3, -0.25) is 14.4 Å². The zero-order chi connectivity index (χ0) is 20.2. The van der Waals surface area contributed by atoms with Gasteiger partial charge in [0, 0.05) is 18.7 Å². The van der Waals surface area contributed by atoms with E-state index in [0.29, 0.717) is 43.4 Å². The fourth-order valence-corrected chi connectivity index (χ4v) is 2.38. The zero-order valence-corrected chi connectivity index (χ0v) is 16.5. The number of rotatable bonds is 11. The highest BCUT2D eigenvalue weighted by Crippen LogP contribution is 2.28. The summed E-state index contributed by atoms with van der Waals surface area (Å²) in [6.45, 7) is 9.23. The lowest BCUT2D eigenvalue weighted by Gasteiger charge is -2.18. The van der Waals surface area contributed by atoms with Crippen LogP contribution in [0.3, 0.4) is 0 Å². The minimum atomic E-state index is -0.431. The molecule has 1 aromatic carbocycles. The highest BCUT2D eigenvalue weighted by molar-refractivity contribution is 5.97. The van der Waals surface area contributed by atoms with Gasteiger partial charge in [0.15, 0.2) is 11.5 Å². The van der Waals surface area contributed by atoms with E-state index in [4.69, 9.17) is 9.47 Å². The number of ether oxygens (including phenoxy) is 2. The molecule has 0 radical (unpaired) electrons. The molecule has 0 aliphatic rings. The smallest absolute Gasteiger partial charge is 0.251 e. The second-order valence-electron chi connectivity index (χ2n) is 5.55. The monoisotopic (exact) mass is 379 g/mol. The topological polar surface area (TPSA) is 97.0 Å². The van der Waals surface area contributed by atoms with E-state index in [1.54, 1.807) is 23.1 Å². The van der Waals surface area contributed by atoms with E-state index < -0.39 is 11.8 Å². The highest BCUT2D eigenvalue weighted by atomic mass is 16.5. The average Bonchev–Trinajstić information content (AvgIpc) is 2.67. The van der Waals surface area contributed by atoms with E-state index >= 15 is 0 Å². The SMILES string of the molecule is CCOc1ccc(C(=O)NCC(=O)NCC(=O)N(CC)CC)cc1OCC. The molecule has 1 rings (SSSR count). The summed E-state index contributed by atoms with van der Waals surface area (Å²) in [5.74, 6) is 0.0291. The van der Waals surface area contributed by atoms with Crippen LogP contribution in [0.2, 0.25) is 0 Å². The average molecular weight is 379 g/mol. The van der Waals surface area contributed by atoms with Crippen molar-refractivity contribution in [3.05, 3.63) is 23.8 Å². The number of carbonyl (C=O) groups is 3. The number of amides is 3. The lowest BCUT2D eigenvalue weighted by molar-refractivity contribution is -0.132. The number of carbonyl (C=O) groups excluding carboxylic acids is 3. The molecule has 0 atom stereocenters. The molecule has 0 aliphatic heterocycles. The first-order chi connectivity index (χ1) is 13.0. The first-order valence-corrected chi connectivity index (χ1v) is 9.18. The normalized spacial score (nSPS) is 10.1. The predicted octanol–water partition coefficient (Wildman–Crippen LogP) is 1.20. The van der Waals surface area contributed by atoms with Crippen molar-refractivity contribution in [2.75, 3.05) is 39.4 Å². The van der Waals surface area contributed by atoms with Crippen LogP contribution < -0.4 is 20.1 Å². The van der Waals surface area contributed by atoms with E-state index in [2.05, 4.69) is 10.6 Å². The third-order valence-electron chi connectivity index (χ3n) is 3.77. The summed E-state index contributed by atoms with van der Waals surface area (Å²) in [4.78, 5) is 37.6. The van der Waals surface area contributed by atoms with Crippen LogP contribution in [0.5, 0.6) is 11.5 Å². The maximum absolute atomic E-state index is 12.3. The van der Waals surface area contributed by atoms with Gasteiger partial charge in [0.05, 0.1) is 26.3 Å². The molecule has 0 aromatic heterocycles. The zero-order valence-electron chi connectivity index (χ0n) is 16.5. The number of nitrogens with one attached hydrogen (secondary N) is 2. The Kier molecular flexibility index (Phi) is 9.71. The largest absolute Gasteiger partial charge is 0.490 e. The molecule has 150 valence electrons. The summed E-state index contributed by atoms with van der Waals surface area (Å²) < 4.78 is 10.9. The predicted molar refractivity (Wildman–Crippen MR) is 102 cm³/mol. The Morgan fingerprint density at radius 1 is 0.889 bits per heavy atom. The molecule has 0 bridgehead atoms. The minimum absolute atomic E-state index is 0.0894. The van der Waals surface area contributed by atoms with E-state index in [-0.39, 0.29) is 19.0 Å². The van der Waals surface area contributed by atoms with Crippen molar-refractivity contribution >= 4 is 17.7 Å². The Hall–Kier alpha value is -2.77. The molecule has 27 heavy (non-hydrogen) atoms. The fraction of sp³-hybridized carbons (Fsp3) is 0.526. The molecule has 2 N–H and O–H groups in total. The van der Waals surface area contributed by atoms with Gasteiger partial charge in [0.1, 0.15) is 0 Å². The van der Waals surface area contributed by atoms with Crippen molar-refractivity contribution in [2.24, 2.45) is 0 Å². The molecule has 0 unspecified atom stereocenters. The lowest BCUT2D eigenvalue weighted by atomic mass is 10.2. The van der Waals surface area contributed by atoms with Crippen LogP contribution in [0.1, 0.15) is 38.1 Å². The van der Waals surface area contributed by atoms with Gasteiger partial charge in [-0.15, -0.1) is 0 Å². The molecule has 0 saturated heterocycles. The van der Waals surface area contributed by atoms with Crippen molar-refractivity contribution in [1.29, 1.82) is 0 Å². The van der Waals surface area contributed by atoms with Gasteiger partial charge < -0.3 is 25.0 Å². The van der Waals surface area contributed by atoms with Crippen molar-refractivity contribution in [1.82, 2.24) is 15.5 Å². The van der Waals surface area contributed by atoms with E-state index in [1.807, 2.05) is 27.7 Å². The Balaban J connectivity index is 2.57. The van der Waals surface area contributed by atoms with Crippen molar-refractivity contribution in [3.63, 3.8) is 0 Å². The number of hydrogen-bond donors (Lipinski definition) is 2. The second-order valence-corrected chi connectivity index (χ2v) is 5.55. The summed E-state index contributed by atoms with van der Waals surface area (Å²) in [7, 11) is 0. The summed E-state index contributed by atoms with van der Waals surface area (Å²) in [5, 5.41) is 5.03. The summed E-state index contributed by atoms with van der Waals surface area (Å²) in [6, 6.07) is 4.84. The first kappa shape index (κ1) is 22.3. The summed E-state index contributed by atoms with van der Waals surface area (Å²) in [6.07, 6.45) is 0. The molecular weight excluding hydrogens is 350 g/mol. The van der Waals surface area contributed by atoms with Crippen LogP contribution in [0.25, 0.3) is 0 Å². The van der Waals surface area contributed by atoms with Gasteiger partial charge >= 0.3 is 0 Å². The molecule has 8 nitrogen and oxygen atoms in total. The van der Waals surface area contributed by atoms with Crippen LogP contribution in [0.15, 0.2) is 18.2 Å².